The number of aryl methyl sites for hydroxylation is 1. The van der Waals surface area contributed by atoms with Crippen molar-refractivity contribution >= 4 is 32.8 Å². The molecule has 1 saturated heterocycles. The first kappa shape index (κ1) is 20.7. The van der Waals surface area contributed by atoms with Crippen LogP contribution in [0.25, 0.3) is 10.9 Å². The molecule has 5 rings (SSSR count). The molecule has 162 valence electrons. The molecular formula is C24H27BrN3O3+. The standard InChI is InChI=1S/C24H26BrN3O3/c1-27-13-17-8-21-24(30-3,19-5-4-6-20(27)22(17)19)9-15(12-28(21)2)14-31-23(29)16-7-18(25)11-26-10-16/h4-7,10-11,13,15,21H,8-9,12,14H2,1-3H3/p+1/t15-,21+,24+/m0/s1. The number of likely N-dealkylation sites (N-methyl/N-ethyl adjacent to an activating group) is 1. The Labute approximate surface area is 190 Å². The van der Waals surface area contributed by atoms with Gasteiger partial charge in [-0.15, -0.1) is 0 Å². The van der Waals surface area contributed by atoms with Crippen molar-refractivity contribution in [2.24, 2.45) is 13.0 Å². The zero-order valence-corrected chi connectivity index (χ0v) is 19.6. The third kappa shape index (κ3) is 3.30. The van der Waals surface area contributed by atoms with Gasteiger partial charge in [0.05, 0.1) is 25.8 Å². The molecular weight excluding hydrogens is 458 g/mol. The van der Waals surface area contributed by atoms with Gasteiger partial charge in [-0.3, -0.25) is 4.98 Å². The van der Waals surface area contributed by atoms with Gasteiger partial charge in [-0.25, -0.2) is 4.79 Å². The van der Waals surface area contributed by atoms with E-state index < -0.39 is 0 Å². The summed E-state index contributed by atoms with van der Waals surface area (Å²) in [6, 6.07) is 8.59. The molecule has 0 spiro atoms. The van der Waals surface area contributed by atoms with Gasteiger partial charge < -0.3 is 18.9 Å². The number of nitrogens with zero attached hydrogens (tertiary/aromatic N) is 2. The SMILES string of the molecule is CO[C@@]12C[C@H](COC(=O)c3cncc(Br)c3)C[NH+](C)[C@@H]1Cc1cn(C)c3cccc2c13. The average Bonchev–Trinajstić information content (AvgIpc) is 3.09. The zero-order chi connectivity index (χ0) is 21.8. The van der Waals surface area contributed by atoms with E-state index in [1.165, 1.54) is 33.1 Å². The van der Waals surface area contributed by atoms with Crippen LogP contribution in [-0.2, 0) is 28.5 Å². The fourth-order valence-electron chi connectivity index (χ4n) is 5.80. The molecule has 1 aliphatic heterocycles. The van der Waals surface area contributed by atoms with Gasteiger partial charge in [0.1, 0.15) is 11.6 Å². The van der Waals surface area contributed by atoms with Crippen molar-refractivity contribution in [1.82, 2.24) is 9.55 Å². The number of piperidine rings is 1. The highest BCUT2D eigenvalue weighted by Crippen LogP contribution is 2.46. The monoisotopic (exact) mass is 484 g/mol. The molecule has 1 unspecified atom stereocenters. The number of aromatic nitrogens is 2. The second-order valence-corrected chi connectivity index (χ2v) is 9.84. The lowest BCUT2D eigenvalue weighted by Crippen LogP contribution is -3.17. The fourth-order valence-corrected chi connectivity index (χ4v) is 6.16. The summed E-state index contributed by atoms with van der Waals surface area (Å²) in [5.74, 6) is -0.128. The van der Waals surface area contributed by atoms with Gasteiger partial charge in [0.25, 0.3) is 0 Å². The largest absolute Gasteiger partial charge is 0.462 e. The fraction of sp³-hybridized carbons (Fsp3) is 0.417. The van der Waals surface area contributed by atoms with Crippen molar-refractivity contribution in [2.75, 3.05) is 27.3 Å². The Bertz CT molecular complexity index is 1160. The van der Waals surface area contributed by atoms with Crippen LogP contribution in [0.3, 0.4) is 0 Å². The summed E-state index contributed by atoms with van der Waals surface area (Å²) < 4.78 is 15.1. The Morgan fingerprint density at radius 1 is 1.39 bits per heavy atom. The highest BCUT2D eigenvalue weighted by Gasteiger charge is 2.54. The summed E-state index contributed by atoms with van der Waals surface area (Å²) in [6.45, 7) is 1.32. The van der Waals surface area contributed by atoms with Gasteiger partial charge in [-0.05, 0) is 45.6 Å². The Morgan fingerprint density at radius 2 is 2.23 bits per heavy atom. The van der Waals surface area contributed by atoms with E-state index in [0.717, 1.165) is 23.9 Å². The van der Waals surface area contributed by atoms with Crippen molar-refractivity contribution in [3.63, 3.8) is 0 Å². The molecule has 4 atom stereocenters. The molecule has 2 aliphatic rings. The number of pyridine rings is 1. The maximum Gasteiger partial charge on any atom is 0.339 e. The van der Waals surface area contributed by atoms with Gasteiger partial charge in [0.2, 0.25) is 0 Å². The van der Waals surface area contributed by atoms with Gasteiger partial charge >= 0.3 is 5.97 Å². The van der Waals surface area contributed by atoms with Crippen molar-refractivity contribution < 1.29 is 19.2 Å². The van der Waals surface area contributed by atoms with Crippen LogP contribution in [0.4, 0.5) is 0 Å². The number of ether oxygens (including phenoxy) is 2. The van der Waals surface area contributed by atoms with E-state index in [0.29, 0.717) is 18.2 Å². The van der Waals surface area contributed by atoms with Crippen molar-refractivity contribution in [3.8, 4) is 0 Å². The van der Waals surface area contributed by atoms with Crippen molar-refractivity contribution in [1.29, 1.82) is 0 Å². The van der Waals surface area contributed by atoms with Crippen molar-refractivity contribution in [3.05, 3.63) is 64.0 Å². The molecule has 3 aromatic rings. The smallest absolute Gasteiger partial charge is 0.339 e. The quantitative estimate of drug-likeness (QED) is 0.578. The number of esters is 1. The molecule has 3 heterocycles. The van der Waals surface area contributed by atoms with E-state index in [1.807, 2.05) is 7.11 Å². The van der Waals surface area contributed by atoms with Crippen LogP contribution in [0.2, 0.25) is 0 Å². The Hall–Kier alpha value is -2.22. The molecule has 0 radical (unpaired) electrons. The minimum atomic E-state index is -0.384. The summed E-state index contributed by atoms with van der Waals surface area (Å²) in [7, 11) is 6.17. The van der Waals surface area contributed by atoms with Gasteiger partial charge in [-0.1, -0.05) is 12.1 Å². The van der Waals surface area contributed by atoms with Crippen LogP contribution in [-0.4, -0.2) is 48.9 Å². The highest BCUT2D eigenvalue weighted by atomic mass is 79.9. The molecule has 1 fully saturated rings. The second-order valence-electron chi connectivity index (χ2n) is 8.93. The summed E-state index contributed by atoms with van der Waals surface area (Å²) in [5, 5.41) is 1.33. The number of hydrogen-bond donors (Lipinski definition) is 1. The number of fused-ring (bicyclic) bond motifs is 2. The van der Waals surface area contributed by atoms with E-state index >= 15 is 0 Å². The molecule has 6 nitrogen and oxygen atoms in total. The number of nitrogens with one attached hydrogen (secondary N) is 1. The lowest BCUT2D eigenvalue weighted by Gasteiger charge is -2.50. The topological polar surface area (TPSA) is 57.8 Å². The second kappa shape index (κ2) is 7.73. The minimum Gasteiger partial charge on any atom is -0.462 e. The summed E-state index contributed by atoms with van der Waals surface area (Å²) in [4.78, 5) is 18.0. The number of quaternary nitrogens is 1. The van der Waals surface area contributed by atoms with Crippen LogP contribution >= 0.6 is 15.9 Å². The van der Waals surface area contributed by atoms with E-state index in [4.69, 9.17) is 9.47 Å². The number of rotatable bonds is 4. The predicted octanol–water partition coefficient (Wildman–Crippen LogP) is 2.49. The molecule has 1 aromatic carbocycles. The first-order chi connectivity index (χ1) is 14.9. The zero-order valence-electron chi connectivity index (χ0n) is 18.0. The van der Waals surface area contributed by atoms with E-state index in [9.17, 15) is 4.79 Å². The lowest BCUT2D eigenvalue weighted by atomic mass is 9.69. The average molecular weight is 485 g/mol. The number of benzene rings is 1. The molecule has 0 amide bonds. The number of carbonyl (C=O) groups excluding carboxylic acids is 1. The Kier molecular flexibility index (Phi) is 5.15. The predicted molar refractivity (Wildman–Crippen MR) is 121 cm³/mol. The van der Waals surface area contributed by atoms with Crippen LogP contribution in [0, 0.1) is 5.92 Å². The number of hydrogen-bond acceptors (Lipinski definition) is 4. The normalized spacial score (nSPS) is 27.2. The number of methoxy groups -OCH3 is 1. The molecule has 2 aromatic heterocycles. The van der Waals surface area contributed by atoms with Crippen LogP contribution < -0.4 is 4.90 Å². The number of halogens is 1. The summed E-state index contributed by atoms with van der Waals surface area (Å²) >= 11 is 3.36. The molecule has 0 saturated carbocycles. The van der Waals surface area contributed by atoms with Gasteiger partial charge in [0.15, 0.2) is 0 Å². The van der Waals surface area contributed by atoms with E-state index in [1.54, 1.807) is 12.3 Å². The van der Waals surface area contributed by atoms with Gasteiger partial charge in [0, 0.05) is 60.5 Å². The van der Waals surface area contributed by atoms with Crippen molar-refractivity contribution in [2.45, 2.75) is 24.5 Å². The molecule has 0 bridgehead atoms. The summed E-state index contributed by atoms with van der Waals surface area (Å²) in [5.41, 5.74) is 3.99. The maximum atomic E-state index is 12.5. The third-order valence-corrected chi connectivity index (χ3v) is 7.52. The molecule has 7 heteroatoms. The first-order valence-electron chi connectivity index (χ1n) is 10.7. The first-order valence-corrected chi connectivity index (χ1v) is 11.4. The lowest BCUT2D eigenvalue weighted by molar-refractivity contribution is -0.925. The third-order valence-electron chi connectivity index (χ3n) is 7.09. The van der Waals surface area contributed by atoms with Crippen LogP contribution in [0.15, 0.2) is 47.3 Å². The van der Waals surface area contributed by atoms with Crippen LogP contribution in [0.1, 0.15) is 27.9 Å². The molecule has 1 N–H and O–H groups in total. The molecule has 1 aliphatic carbocycles. The minimum absolute atomic E-state index is 0.209. The van der Waals surface area contributed by atoms with E-state index in [-0.39, 0.29) is 17.5 Å². The number of likely N-dealkylation sites (tertiary alicyclic amines) is 1. The highest BCUT2D eigenvalue weighted by molar-refractivity contribution is 9.10. The van der Waals surface area contributed by atoms with Crippen LogP contribution in [0.5, 0.6) is 0 Å². The maximum absolute atomic E-state index is 12.5. The Morgan fingerprint density at radius 3 is 3.00 bits per heavy atom. The Balaban J connectivity index is 1.44. The molecule has 31 heavy (non-hydrogen) atoms. The van der Waals surface area contributed by atoms with Gasteiger partial charge in [-0.2, -0.15) is 0 Å². The summed E-state index contributed by atoms with van der Waals surface area (Å²) in [6.07, 6.45) is 7.28. The number of carbonyl (C=O) groups is 1. The van der Waals surface area contributed by atoms with E-state index in [2.05, 4.69) is 64.0 Å².